The molecule has 8 nitrogen and oxygen atoms in total. The van der Waals surface area contributed by atoms with Crippen molar-refractivity contribution in [1.82, 2.24) is 15.0 Å². The van der Waals surface area contributed by atoms with Crippen molar-refractivity contribution in [3.8, 4) is 34.0 Å². The van der Waals surface area contributed by atoms with Gasteiger partial charge in [0.25, 0.3) is 5.91 Å². The lowest BCUT2D eigenvalue weighted by Gasteiger charge is -2.15. The van der Waals surface area contributed by atoms with Crippen LogP contribution in [0, 0.1) is 20.8 Å². The fraction of sp³-hybridized carbons (Fsp3) is 0.276. The number of rotatable bonds is 9. The molecule has 1 aromatic heterocycles. The largest absolute Gasteiger partial charge is 0.493 e. The number of nitrogens with one attached hydrogen (secondary N) is 1. The molecular weight excluding hydrogens is 468 g/mol. The van der Waals surface area contributed by atoms with Gasteiger partial charge in [-0.05, 0) is 74.5 Å². The average Bonchev–Trinajstić information content (AvgIpc) is 3.30. The van der Waals surface area contributed by atoms with Gasteiger partial charge in [0.2, 0.25) is 11.7 Å². The van der Waals surface area contributed by atoms with Crippen molar-refractivity contribution in [2.75, 3.05) is 39.7 Å². The van der Waals surface area contributed by atoms with E-state index in [0.29, 0.717) is 41.1 Å². The van der Waals surface area contributed by atoms with Crippen LogP contribution >= 0.6 is 0 Å². The lowest BCUT2D eigenvalue weighted by Crippen LogP contribution is -2.19. The number of anilines is 1. The number of amides is 1. The highest BCUT2D eigenvalue weighted by Gasteiger charge is 2.14. The number of methoxy groups -OCH3 is 1. The maximum atomic E-state index is 13.1. The molecule has 1 amide bonds. The number of nitrogens with zero attached hydrogens (tertiary/aromatic N) is 3. The highest BCUT2D eigenvalue weighted by Crippen LogP contribution is 2.32. The second-order valence-corrected chi connectivity index (χ2v) is 9.17. The van der Waals surface area contributed by atoms with Gasteiger partial charge in [0.1, 0.15) is 6.61 Å². The fourth-order valence-corrected chi connectivity index (χ4v) is 4.03. The van der Waals surface area contributed by atoms with E-state index in [2.05, 4.69) is 15.5 Å². The first kappa shape index (κ1) is 25.9. The van der Waals surface area contributed by atoms with Crippen molar-refractivity contribution in [3.05, 3.63) is 77.2 Å². The number of ether oxygens (including phenoxy) is 2. The van der Waals surface area contributed by atoms with Gasteiger partial charge < -0.3 is 24.2 Å². The Morgan fingerprint density at radius 2 is 1.70 bits per heavy atom. The summed E-state index contributed by atoms with van der Waals surface area (Å²) in [5.74, 6) is 2.12. The van der Waals surface area contributed by atoms with E-state index in [-0.39, 0.29) is 5.91 Å². The summed E-state index contributed by atoms with van der Waals surface area (Å²) in [6.07, 6.45) is 0. The molecule has 1 N–H and O–H groups in total. The van der Waals surface area contributed by atoms with Gasteiger partial charge in [0, 0.05) is 36.3 Å². The van der Waals surface area contributed by atoms with Crippen molar-refractivity contribution in [2.45, 2.75) is 20.8 Å². The van der Waals surface area contributed by atoms with Crippen molar-refractivity contribution in [1.29, 1.82) is 0 Å². The van der Waals surface area contributed by atoms with E-state index in [1.165, 1.54) is 0 Å². The number of benzene rings is 3. The molecule has 8 heteroatoms. The van der Waals surface area contributed by atoms with E-state index in [1.54, 1.807) is 32.2 Å². The predicted octanol–water partition coefficient (Wildman–Crippen LogP) is 5.53. The topological polar surface area (TPSA) is 89.7 Å². The lowest BCUT2D eigenvalue weighted by atomic mass is 9.95. The Morgan fingerprint density at radius 1 is 0.946 bits per heavy atom. The zero-order valence-corrected chi connectivity index (χ0v) is 22.1. The number of likely N-dealkylation sites (N-methyl/N-ethyl adjacent to an activating group) is 1. The van der Waals surface area contributed by atoms with Crippen LogP contribution in [0.1, 0.15) is 27.4 Å². The van der Waals surface area contributed by atoms with Gasteiger partial charge >= 0.3 is 0 Å². The summed E-state index contributed by atoms with van der Waals surface area (Å²) >= 11 is 0. The first-order valence-electron chi connectivity index (χ1n) is 12.0. The summed E-state index contributed by atoms with van der Waals surface area (Å²) in [7, 11) is 5.56. The van der Waals surface area contributed by atoms with Crippen molar-refractivity contribution in [2.24, 2.45) is 0 Å². The molecule has 1 heterocycles. The maximum Gasteiger partial charge on any atom is 0.255 e. The van der Waals surface area contributed by atoms with Gasteiger partial charge in [0.05, 0.1) is 7.11 Å². The first-order chi connectivity index (χ1) is 17.7. The van der Waals surface area contributed by atoms with Gasteiger partial charge in [-0.3, -0.25) is 4.79 Å². The summed E-state index contributed by atoms with van der Waals surface area (Å²) in [6, 6.07) is 17.3. The van der Waals surface area contributed by atoms with E-state index in [9.17, 15) is 4.79 Å². The molecule has 0 saturated heterocycles. The Morgan fingerprint density at radius 3 is 2.35 bits per heavy atom. The number of hydrogen-bond acceptors (Lipinski definition) is 7. The second-order valence-electron chi connectivity index (χ2n) is 9.17. The SMILES string of the molecule is COc1ccc(NC(=O)c2ccc(-c3ccc(-c4noc(C)n4)cc3C)cc2C)cc1OCCN(C)C. The molecule has 0 spiro atoms. The Kier molecular flexibility index (Phi) is 7.89. The van der Waals surface area contributed by atoms with Crippen molar-refractivity contribution >= 4 is 11.6 Å². The molecule has 0 aliphatic carbocycles. The van der Waals surface area contributed by atoms with E-state index < -0.39 is 0 Å². The maximum absolute atomic E-state index is 13.1. The normalized spacial score (nSPS) is 11.0. The Bertz CT molecular complexity index is 1410. The smallest absolute Gasteiger partial charge is 0.255 e. The third-order valence-corrected chi connectivity index (χ3v) is 6.01. The third kappa shape index (κ3) is 6.16. The quantitative estimate of drug-likeness (QED) is 0.323. The molecule has 0 saturated carbocycles. The van der Waals surface area contributed by atoms with Crippen LogP contribution in [0.2, 0.25) is 0 Å². The van der Waals surface area contributed by atoms with Gasteiger partial charge in [-0.15, -0.1) is 0 Å². The molecule has 0 atom stereocenters. The van der Waals surface area contributed by atoms with Crippen LogP contribution in [0.25, 0.3) is 22.5 Å². The van der Waals surface area contributed by atoms with Crippen LogP contribution < -0.4 is 14.8 Å². The van der Waals surface area contributed by atoms with Crippen LogP contribution in [0.5, 0.6) is 11.5 Å². The molecule has 0 fully saturated rings. The summed E-state index contributed by atoms with van der Waals surface area (Å²) in [5, 5.41) is 6.98. The van der Waals surface area contributed by atoms with Crippen LogP contribution in [-0.4, -0.2) is 55.3 Å². The number of aromatic nitrogens is 2. The molecule has 0 bridgehead atoms. The molecule has 0 aliphatic rings. The molecule has 37 heavy (non-hydrogen) atoms. The Labute approximate surface area is 217 Å². The van der Waals surface area contributed by atoms with Crippen LogP contribution in [-0.2, 0) is 0 Å². The predicted molar refractivity (Wildman–Crippen MR) is 144 cm³/mol. The lowest BCUT2D eigenvalue weighted by molar-refractivity contribution is 0.102. The highest BCUT2D eigenvalue weighted by atomic mass is 16.5. The monoisotopic (exact) mass is 500 g/mol. The minimum Gasteiger partial charge on any atom is -0.493 e. The van der Waals surface area contributed by atoms with Gasteiger partial charge in [-0.25, -0.2) is 0 Å². The number of carbonyl (C=O) groups is 1. The van der Waals surface area contributed by atoms with Gasteiger partial charge in [-0.2, -0.15) is 4.98 Å². The van der Waals surface area contributed by atoms with Gasteiger partial charge in [0.15, 0.2) is 11.5 Å². The average molecular weight is 501 g/mol. The van der Waals surface area contributed by atoms with Crippen LogP contribution in [0.4, 0.5) is 5.69 Å². The zero-order chi connectivity index (χ0) is 26.5. The van der Waals surface area contributed by atoms with Crippen LogP contribution in [0.3, 0.4) is 0 Å². The van der Waals surface area contributed by atoms with E-state index >= 15 is 0 Å². The highest BCUT2D eigenvalue weighted by molar-refractivity contribution is 6.05. The summed E-state index contributed by atoms with van der Waals surface area (Å²) in [4.78, 5) is 19.4. The summed E-state index contributed by atoms with van der Waals surface area (Å²) in [5.41, 5.74) is 6.20. The Balaban J connectivity index is 1.51. The Hall–Kier alpha value is -4.17. The number of aryl methyl sites for hydroxylation is 3. The third-order valence-electron chi connectivity index (χ3n) is 6.01. The molecule has 0 aliphatic heterocycles. The van der Waals surface area contributed by atoms with Crippen molar-refractivity contribution in [3.63, 3.8) is 0 Å². The molecule has 4 rings (SSSR count). The number of carbonyl (C=O) groups excluding carboxylic acids is 1. The standard InChI is InChI=1S/C29H32N4O4/c1-18-16-22(28-30-20(3)37-32-28)8-10-24(18)21-7-11-25(19(2)15-21)29(34)31-23-9-12-26(35-6)27(17-23)36-14-13-33(4)5/h7-12,15-17H,13-14H2,1-6H3,(H,31,34). The second kappa shape index (κ2) is 11.3. The van der Waals surface area contributed by atoms with Gasteiger partial charge in [-0.1, -0.05) is 29.4 Å². The molecule has 192 valence electrons. The minimum absolute atomic E-state index is 0.187. The number of hydrogen-bond donors (Lipinski definition) is 1. The van der Waals surface area contributed by atoms with E-state index in [0.717, 1.165) is 34.4 Å². The molecule has 0 unspecified atom stereocenters. The van der Waals surface area contributed by atoms with E-state index in [4.69, 9.17) is 14.0 Å². The van der Waals surface area contributed by atoms with E-state index in [1.807, 2.05) is 69.2 Å². The molecule has 3 aromatic carbocycles. The van der Waals surface area contributed by atoms with Crippen molar-refractivity contribution < 1.29 is 18.8 Å². The summed E-state index contributed by atoms with van der Waals surface area (Å²) < 4.78 is 16.4. The zero-order valence-electron chi connectivity index (χ0n) is 22.1. The molecular formula is C29H32N4O4. The van der Waals surface area contributed by atoms with Crippen LogP contribution in [0.15, 0.2) is 59.1 Å². The molecule has 0 radical (unpaired) electrons. The minimum atomic E-state index is -0.187. The molecule has 4 aromatic rings. The summed E-state index contributed by atoms with van der Waals surface area (Å²) in [6.45, 7) is 7.03. The fourth-order valence-electron chi connectivity index (χ4n) is 4.03. The first-order valence-corrected chi connectivity index (χ1v) is 12.0.